The molecule has 0 bridgehead atoms. The molecule has 25 heavy (non-hydrogen) atoms. The number of anilines is 1. The van der Waals surface area contributed by atoms with Gasteiger partial charge in [-0.3, -0.25) is 14.6 Å². The lowest BCUT2D eigenvalue weighted by atomic mass is 9.98. The van der Waals surface area contributed by atoms with Gasteiger partial charge >= 0.3 is 0 Å². The lowest BCUT2D eigenvalue weighted by Crippen LogP contribution is -2.13. The molecule has 2 aromatic carbocycles. The van der Waals surface area contributed by atoms with Gasteiger partial charge in [-0.2, -0.15) is 0 Å². The number of primary amides is 1. The smallest absolute Gasteiger partial charge is 0.248 e. The molecule has 7 nitrogen and oxygen atoms in total. The van der Waals surface area contributed by atoms with Gasteiger partial charge in [-0.05, 0) is 18.2 Å². The van der Waals surface area contributed by atoms with Gasteiger partial charge in [0.05, 0.1) is 25.6 Å². The molecule has 0 spiro atoms. The normalized spacial score (nSPS) is 13.2. The molecule has 0 unspecified atom stereocenters. The van der Waals surface area contributed by atoms with Crippen LogP contribution in [0.4, 0.5) is 5.69 Å². The van der Waals surface area contributed by atoms with Crippen molar-refractivity contribution in [1.29, 1.82) is 0 Å². The highest BCUT2D eigenvalue weighted by molar-refractivity contribution is 6.20. The average molecular weight is 339 g/mol. The molecule has 0 radical (unpaired) electrons. The Morgan fingerprint density at radius 2 is 1.88 bits per heavy atom. The fourth-order valence-electron chi connectivity index (χ4n) is 2.67. The number of ether oxygens (including phenoxy) is 2. The van der Waals surface area contributed by atoms with Crippen LogP contribution in [0.25, 0.3) is 0 Å². The molecule has 7 heteroatoms. The molecule has 128 valence electrons. The van der Waals surface area contributed by atoms with Crippen LogP contribution in [0.15, 0.2) is 41.4 Å². The number of methoxy groups -OCH3 is 2. The van der Waals surface area contributed by atoms with Crippen LogP contribution in [-0.2, 0) is 4.79 Å². The van der Waals surface area contributed by atoms with Crippen molar-refractivity contribution in [1.82, 2.24) is 0 Å². The second-order valence-corrected chi connectivity index (χ2v) is 5.41. The second-order valence-electron chi connectivity index (χ2n) is 5.41. The van der Waals surface area contributed by atoms with Gasteiger partial charge in [0.2, 0.25) is 11.8 Å². The number of nitrogens with zero attached hydrogens (tertiary/aromatic N) is 1. The van der Waals surface area contributed by atoms with Crippen LogP contribution in [0.3, 0.4) is 0 Å². The maximum Gasteiger partial charge on any atom is 0.248 e. The fourth-order valence-corrected chi connectivity index (χ4v) is 2.67. The van der Waals surface area contributed by atoms with E-state index in [2.05, 4.69) is 10.3 Å². The van der Waals surface area contributed by atoms with E-state index in [1.54, 1.807) is 30.3 Å². The number of benzene rings is 2. The summed E-state index contributed by atoms with van der Waals surface area (Å²) in [5.41, 5.74) is 8.21. The molecule has 1 aliphatic rings. The van der Waals surface area contributed by atoms with Gasteiger partial charge in [-0.1, -0.05) is 12.1 Å². The monoisotopic (exact) mass is 339 g/mol. The molecule has 0 aromatic heterocycles. The van der Waals surface area contributed by atoms with Crippen LogP contribution < -0.4 is 20.5 Å². The minimum atomic E-state index is -0.530. The number of hydrogen-bond acceptors (Lipinski definition) is 5. The summed E-state index contributed by atoms with van der Waals surface area (Å²) in [4.78, 5) is 27.9. The highest BCUT2D eigenvalue weighted by Crippen LogP contribution is 2.35. The predicted octanol–water partition coefficient (Wildman–Crippen LogP) is 1.59. The van der Waals surface area contributed by atoms with E-state index in [9.17, 15) is 9.59 Å². The molecule has 0 aliphatic carbocycles. The molecule has 0 saturated carbocycles. The van der Waals surface area contributed by atoms with Crippen LogP contribution in [-0.4, -0.2) is 38.3 Å². The molecule has 3 rings (SSSR count). The van der Waals surface area contributed by atoms with Crippen molar-refractivity contribution in [2.24, 2.45) is 10.7 Å². The topological polar surface area (TPSA) is 103 Å². The first kappa shape index (κ1) is 16.5. The van der Waals surface area contributed by atoms with Crippen molar-refractivity contribution >= 4 is 23.2 Å². The highest BCUT2D eigenvalue weighted by atomic mass is 16.5. The number of rotatable bonds is 4. The summed E-state index contributed by atoms with van der Waals surface area (Å²) in [7, 11) is 3.05. The van der Waals surface area contributed by atoms with E-state index < -0.39 is 5.91 Å². The van der Waals surface area contributed by atoms with E-state index in [-0.39, 0.29) is 12.5 Å². The number of hydrogen-bond donors (Lipinski definition) is 2. The van der Waals surface area contributed by atoms with Crippen molar-refractivity contribution in [2.45, 2.75) is 0 Å². The van der Waals surface area contributed by atoms with Crippen molar-refractivity contribution in [3.63, 3.8) is 0 Å². The lowest BCUT2D eigenvalue weighted by Gasteiger charge is -2.15. The van der Waals surface area contributed by atoms with Gasteiger partial charge in [0.15, 0.2) is 11.5 Å². The Labute approximate surface area is 144 Å². The maximum atomic E-state index is 12.0. The third-order valence-corrected chi connectivity index (χ3v) is 3.85. The van der Waals surface area contributed by atoms with E-state index in [1.165, 1.54) is 14.2 Å². The Morgan fingerprint density at radius 3 is 2.56 bits per heavy atom. The number of benzodiazepines with no additional fused rings is 1. The van der Waals surface area contributed by atoms with Crippen LogP contribution in [0.1, 0.15) is 21.5 Å². The van der Waals surface area contributed by atoms with Gasteiger partial charge in [-0.15, -0.1) is 0 Å². The van der Waals surface area contributed by atoms with E-state index >= 15 is 0 Å². The minimum absolute atomic E-state index is 0.0323. The average Bonchev–Trinajstić information content (AvgIpc) is 2.78. The quantitative estimate of drug-likeness (QED) is 0.883. The molecule has 0 atom stereocenters. The van der Waals surface area contributed by atoms with E-state index in [0.717, 1.165) is 0 Å². The number of nitrogens with one attached hydrogen (secondary N) is 1. The molecular formula is C18H17N3O4. The summed E-state index contributed by atoms with van der Waals surface area (Å²) in [6.45, 7) is -0.0323. The fraction of sp³-hybridized carbons (Fsp3) is 0.167. The highest BCUT2D eigenvalue weighted by Gasteiger charge is 2.21. The first-order valence-electron chi connectivity index (χ1n) is 7.54. The van der Waals surface area contributed by atoms with Crippen LogP contribution >= 0.6 is 0 Å². The van der Waals surface area contributed by atoms with Crippen LogP contribution in [0, 0.1) is 0 Å². The van der Waals surface area contributed by atoms with Gasteiger partial charge in [0, 0.05) is 22.8 Å². The van der Waals surface area contributed by atoms with Gasteiger partial charge in [0.1, 0.15) is 6.54 Å². The van der Waals surface area contributed by atoms with Gasteiger partial charge < -0.3 is 20.5 Å². The second kappa shape index (κ2) is 6.64. The summed E-state index contributed by atoms with van der Waals surface area (Å²) >= 11 is 0. The molecule has 1 aliphatic heterocycles. The maximum absolute atomic E-state index is 12.0. The predicted molar refractivity (Wildman–Crippen MR) is 93.6 cm³/mol. The largest absolute Gasteiger partial charge is 0.493 e. The Bertz CT molecular complexity index is 890. The Hall–Kier alpha value is -3.35. The summed E-state index contributed by atoms with van der Waals surface area (Å²) in [5.74, 6) is 0.233. The minimum Gasteiger partial charge on any atom is -0.493 e. The van der Waals surface area contributed by atoms with Crippen LogP contribution in [0.2, 0.25) is 0 Å². The molecule has 1 heterocycles. The molecular weight excluding hydrogens is 322 g/mol. The van der Waals surface area contributed by atoms with Crippen molar-refractivity contribution in [2.75, 3.05) is 26.1 Å². The molecule has 3 N–H and O–H groups in total. The number of carbonyl (C=O) groups is 2. The number of amides is 2. The molecule has 0 fully saturated rings. The van der Waals surface area contributed by atoms with Crippen LogP contribution in [0.5, 0.6) is 11.5 Å². The third-order valence-electron chi connectivity index (χ3n) is 3.85. The van der Waals surface area contributed by atoms with Crippen molar-refractivity contribution < 1.29 is 19.1 Å². The Morgan fingerprint density at radius 1 is 1.16 bits per heavy atom. The SMILES string of the molecule is COc1cc2c(cc1OC)C(c1cccc(C(N)=O)c1)=NCC(=O)N2. The summed E-state index contributed by atoms with van der Waals surface area (Å²) < 4.78 is 10.6. The zero-order valence-corrected chi connectivity index (χ0v) is 13.8. The van der Waals surface area contributed by atoms with E-state index in [0.29, 0.717) is 39.6 Å². The lowest BCUT2D eigenvalue weighted by molar-refractivity contribution is -0.114. The number of nitrogens with two attached hydrogens (primary N) is 1. The summed E-state index contributed by atoms with van der Waals surface area (Å²) in [5, 5.41) is 2.80. The summed E-state index contributed by atoms with van der Waals surface area (Å²) in [6, 6.07) is 10.2. The third kappa shape index (κ3) is 3.16. The molecule has 0 saturated heterocycles. The first-order valence-corrected chi connectivity index (χ1v) is 7.54. The Balaban J connectivity index is 2.20. The Kier molecular flexibility index (Phi) is 4.38. The summed E-state index contributed by atoms with van der Waals surface area (Å²) in [6.07, 6.45) is 0. The van der Waals surface area contributed by atoms with Crippen molar-refractivity contribution in [3.8, 4) is 11.5 Å². The first-order chi connectivity index (χ1) is 12.0. The number of fused-ring (bicyclic) bond motifs is 1. The zero-order chi connectivity index (χ0) is 18.0. The van der Waals surface area contributed by atoms with Gasteiger partial charge in [0.25, 0.3) is 0 Å². The van der Waals surface area contributed by atoms with E-state index in [4.69, 9.17) is 15.2 Å². The molecule has 2 aromatic rings. The molecule has 2 amide bonds. The van der Waals surface area contributed by atoms with E-state index in [1.807, 2.05) is 6.07 Å². The standard InChI is InChI=1S/C18H17N3O4/c1-24-14-7-12-13(8-15(14)25-2)21-16(22)9-20-17(12)10-4-3-5-11(6-10)18(19)23/h3-8H,9H2,1-2H3,(H2,19,23)(H,21,22). The number of carbonyl (C=O) groups excluding carboxylic acids is 2. The van der Waals surface area contributed by atoms with Gasteiger partial charge in [-0.25, -0.2) is 0 Å². The van der Waals surface area contributed by atoms with Crippen molar-refractivity contribution in [3.05, 3.63) is 53.1 Å². The number of aliphatic imine (C=N–C) groups is 1. The zero-order valence-electron chi connectivity index (χ0n) is 13.8.